The zero-order chi connectivity index (χ0) is 15.2. The Kier molecular flexibility index (Phi) is 4.87. The van der Waals surface area contributed by atoms with Gasteiger partial charge in [-0.2, -0.15) is 0 Å². The highest BCUT2D eigenvalue weighted by Crippen LogP contribution is 2.17. The highest BCUT2D eigenvalue weighted by atomic mass is 19.1. The molecular formula is C16H15F2NO2. The van der Waals surface area contributed by atoms with E-state index in [0.717, 1.165) is 5.56 Å². The minimum Gasteiger partial charge on any atom is -0.490 e. The summed E-state index contributed by atoms with van der Waals surface area (Å²) in [7, 11) is 0. The Morgan fingerprint density at radius 3 is 2.62 bits per heavy atom. The van der Waals surface area contributed by atoms with Gasteiger partial charge in [-0.25, -0.2) is 8.78 Å². The second-order valence-corrected chi connectivity index (χ2v) is 4.56. The Morgan fingerprint density at radius 2 is 1.90 bits per heavy atom. The molecule has 0 aliphatic rings. The van der Waals surface area contributed by atoms with E-state index in [2.05, 4.69) is 5.32 Å². The van der Waals surface area contributed by atoms with Crippen LogP contribution in [0.1, 0.15) is 12.0 Å². The number of anilines is 1. The van der Waals surface area contributed by atoms with Crippen molar-refractivity contribution in [2.75, 3.05) is 11.9 Å². The van der Waals surface area contributed by atoms with Crippen LogP contribution in [0.25, 0.3) is 0 Å². The first kappa shape index (κ1) is 15.0. The van der Waals surface area contributed by atoms with Gasteiger partial charge in [-0.15, -0.1) is 0 Å². The summed E-state index contributed by atoms with van der Waals surface area (Å²) in [6.07, 6.45) is 0.00164. The third kappa shape index (κ3) is 4.27. The fraction of sp³-hybridized carbons (Fsp3) is 0.188. The van der Waals surface area contributed by atoms with E-state index in [1.165, 1.54) is 24.3 Å². The average molecular weight is 291 g/mol. The molecule has 0 bridgehead atoms. The fourth-order valence-electron chi connectivity index (χ4n) is 1.75. The number of carbonyl (C=O) groups is 1. The van der Waals surface area contributed by atoms with Crippen LogP contribution in [0.4, 0.5) is 14.5 Å². The number of hydrogen-bond acceptors (Lipinski definition) is 2. The molecule has 0 aromatic heterocycles. The number of aryl methyl sites for hydroxylation is 1. The van der Waals surface area contributed by atoms with Crippen LogP contribution in [0.15, 0.2) is 42.5 Å². The minimum absolute atomic E-state index is 0.00164. The zero-order valence-electron chi connectivity index (χ0n) is 11.5. The Hall–Kier alpha value is -2.43. The number of benzene rings is 2. The fourth-order valence-corrected chi connectivity index (χ4v) is 1.75. The third-order valence-corrected chi connectivity index (χ3v) is 2.82. The molecule has 2 rings (SSSR count). The molecule has 0 radical (unpaired) electrons. The summed E-state index contributed by atoms with van der Waals surface area (Å²) in [6, 6.07) is 10.5. The quantitative estimate of drug-likeness (QED) is 0.912. The summed E-state index contributed by atoms with van der Waals surface area (Å²) < 4.78 is 32.0. The van der Waals surface area contributed by atoms with Crippen molar-refractivity contribution in [1.82, 2.24) is 0 Å². The van der Waals surface area contributed by atoms with Crippen LogP contribution < -0.4 is 10.1 Å². The molecule has 21 heavy (non-hydrogen) atoms. The van der Waals surface area contributed by atoms with Gasteiger partial charge in [-0.3, -0.25) is 4.79 Å². The van der Waals surface area contributed by atoms with E-state index in [4.69, 9.17) is 4.74 Å². The topological polar surface area (TPSA) is 38.3 Å². The number of carbonyl (C=O) groups excluding carboxylic acids is 1. The number of para-hydroxylation sites is 1. The first-order chi connectivity index (χ1) is 10.1. The van der Waals surface area contributed by atoms with Gasteiger partial charge in [0.2, 0.25) is 5.91 Å². The van der Waals surface area contributed by atoms with E-state index in [9.17, 15) is 13.6 Å². The van der Waals surface area contributed by atoms with Crippen molar-refractivity contribution in [1.29, 1.82) is 0 Å². The molecule has 110 valence electrons. The summed E-state index contributed by atoms with van der Waals surface area (Å²) in [6.45, 7) is 1.77. The second-order valence-electron chi connectivity index (χ2n) is 4.56. The molecule has 0 heterocycles. The smallest absolute Gasteiger partial charge is 0.227 e. The van der Waals surface area contributed by atoms with E-state index in [0.29, 0.717) is 0 Å². The Labute approximate surface area is 121 Å². The molecule has 0 unspecified atom stereocenters. The van der Waals surface area contributed by atoms with Gasteiger partial charge >= 0.3 is 0 Å². The summed E-state index contributed by atoms with van der Waals surface area (Å²) in [5, 5.41) is 2.45. The lowest BCUT2D eigenvalue weighted by Crippen LogP contribution is -2.16. The van der Waals surface area contributed by atoms with Gasteiger partial charge in [-0.1, -0.05) is 18.2 Å². The predicted molar refractivity (Wildman–Crippen MR) is 76.3 cm³/mol. The lowest BCUT2D eigenvalue weighted by Gasteiger charge is -2.09. The maximum atomic E-state index is 13.6. The number of nitrogens with one attached hydrogen (secondary N) is 1. The molecule has 0 spiro atoms. The van der Waals surface area contributed by atoms with Crippen LogP contribution in [0, 0.1) is 18.6 Å². The molecule has 5 heteroatoms. The van der Waals surface area contributed by atoms with Crippen molar-refractivity contribution in [2.24, 2.45) is 0 Å². The number of halogens is 2. The van der Waals surface area contributed by atoms with Crippen molar-refractivity contribution in [2.45, 2.75) is 13.3 Å². The normalized spacial score (nSPS) is 10.2. The summed E-state index contributed by atoms with van der Waals surface area (Å²) in [4.78, 5) is 11.7. The van der Waals surface area contributed by atoms with Gasteiger partial charge in [0.1, 0.15) is 5.82 Å². The molecule has 0 saturated carbocycles. The number of amides is 1. The molecule has 0 saturated heterocycles. The third-order valence-electron chi connectivity index (χ3n) is 2.82. The predicted octanol–water partition coefficient (Wildman–Crippen LogP) is 3.68. The van der Waals surface area contributed by atoms with E-state index in [-0.39, 0.29) is 24.5 Å². The second kappa shape index (κ2) is 6.83. The largest absolute Gasteiger partial charge is 0.490 e. The standard InChI is InChI=1S/C16H15F2NO2/c1-11-6-7-14(13(18)10-11)19-16(20)8-9-21-15-5-3-2-4-12(15)17/h2-7,10H,8-9H2,1H3,(H,19,20). The Balaban J connectivity index is 1.84. The molecule has 1 N–H and O–H groups in total. The van der Waals surface area contributed by atoms with Gasteiger partial charge in [-0.05, 0) is 36.8 Å². The highest BCUT2D eigenvalue weighted by Gasteiger charge is 2.08. The summed E-state index contributed by atoms with van der Waals surface area (Å²) in [5.74, 6) is -1.28. The molecule has 3 nitrogen and oxygen atoms in total. The Bertz CT molecular complexity index is 644. The maximum absolute atomic E-state index is 13.6. The van der Waals surface area contributed by atoms with Crippen molar-refractivity contribution < 1.29 is 18.3 Å². The zero-order valence-corrected chi connectivity index (χ0v) is 11.5. The first-order valence-electron chi connectivity index (χ1n) is 6.49. The van der Waals surface area contributed by atoms with Crippen molar-refractivity contribution >= 4 is 11.6 Å². The molecule has 2 aromatic rings. The lowest BCUT2D eigenvalue weighted by molar-refractivity contribution is -0.116. The average Bonchev–Trinajstić information content (AvgIpc) is 2.44. The van der Waals surface area contributed by atoms with Crippen molar-refractivity contribution in [3.63, 3.8) is 0 Å². The van der Waals surface area contributed by atoms with Gasteiger partial charge < -0.3 is 10.1 Å². The van der Waals surface area contributed by atoms with E-state index in [1.54, 1.807) is 25.1 Å². The maximum Gasteiger partial charge on any atom is 0.227 e. The SMILES string of the molecule is Cc1ccc(NC(=O)CCOc2ccccc2F)c(F)c1. The summed E-state index contributed by atoms with van der Waals surface area (Å²) >= 11 is 0. The molecule has 0 aliphatic carbocycles. The lowest BCUT2D eigenvalue weighted by atomic mass is 10.2. The van der Waals surface area contributed by atoms with Crippen LogP contribution in [0.2, 0.25) is 0 Å². The minimum atomic E-state index is -0.488. The van der Waals surface area contributed by atoms with Crippen LogP contribution in [0.5, 0.6) is 5.75 Å². The number of rotatable bonds is 5. The van der Waals surface area contributed by atoms with Gasteiger partial charge in [0, 0.05) is 0 Å². The van der Waals surface area contributed by atoms with Crippen LogP contribution in [-0.4, -0.2) is 12.5 Å². The number of hydrogen-bond donors (Lipinski definition) is 1. The van der Waals surface area contributed by atoms with E-state index in [1.807, 2.05) is 0 Å². The van der Waals surface area contributed by atoms with Crippen molar-refractivity contribution in [3.05, 3.63) is 59.7 Å². The van der Waals surface area contributed by atoms with Gasteiger partial charge in [0.15, 0.2) is 11.6 Å². The number of ether oxygens (including phenoxy) is 1. The molecule has 1 amide bonds. The van der Waals surface area contributed by atoms with Crippen molar-refractivity contribution in [3.8, 4) is 5.75 Å². The van der Waals surface area contributed by atoms with Crippen LogP contribution in [0.3, 0.4) is 0 Å². The highest BCUT2D eigenvalue weighted by molar-refractivity contribution is 5.90. The summed E-state index contributed by atoms with van der Waals surface area (Å²) in [5.41, 5.74) is 0.893. The Morgan fingerprint density at radius 1 is 1.14 bits per heavy atom. The first-order valence-corrected chi connectivity index (χ1v) is 6.49. The molecule has 0 atom stereocenters. The van der Waals surface area contributed by atoms with Crippen LogP contribution >= 0.6 is 0 Å². The molecule has 0 fully saturated rings. The van der Waals surface area contributed by atoms with Gasteiger partial charge in [0.25, 0.3) is 0 Å². The van der Waals surface area contributed by atoms with Gasteiger partial charge in [0.05, 0.1) is 18.7 Å². The molecule has 2 aromatic carbocycles. The van der Waals surface area contributed by atoms with E-state index >= 15 is 0 Å². The monoisotopic (exact) mass is 291 g/mol. The van der Waals surface area contributed by atoms with Crippen LogP contribution in [-0.2, 0) is 4.79 Å². The molecule has 0 aliphatic heterocycles. The molecular weight excluding hydrogens is 276 g/mol. The van der Waals surface area contributed by atoms with E-state index < -0.39 is 17.5 Å².